The van der Waals surface area contributed by atoms with Gasteiger partial charge in [-0.3, -0.25) is 9.20 Å². The Labute approximate surface area is 142 Å². The van der Waals surface area contributed by atoms with Crippen molar-refractivity contribution in [1.29, 1.82) is 0 Å². The van der Waals surface area contributed by atoms with Gasteiger partial charge in [0.25, 0.3) is 5.56 Å². The van der Waals surface area contributed by atoms with E-state index in [0.717, 1.165) is 11.1 Å². The van der Waals surface area contributed by atoms with E-state index in [1.807, 2.05) is 6.20 Å². The Morgan fingerprint density at radius 3 is 2.38 bits per heavy atom. The molecule has 24 heavy (non-hydrogen) atoms. The van der Waals surface area contributed by atoms with E-state index in [-0.39, 0.29) is 16.4 Å². The fourth-order valence-corrected chi connectivity index (χ4v) is 3.92. The number of aromatic nitrogens is 1. The first-order chi connectivity index (χ1) is 11.2. The summed E-state index contributed by atoms with van der Waals surface area (Å²) in [5.74, 6) is 0. The molecule has 2 aromatic heterocycles. The lowest BCUT2D eigenvalue weighted by molar-refractivity contribution is 0.588. The molecule has 1 aromatic carbocycles. The number of nitrogens with zero attached hydrogens (tertiary/aromatic N) is 1. The van der Waals surface area contributed by atoms with Gasteiger partial charge in [0.2, 0.25) is 0 Å². The van der Waals surface area contributed by atoms with Crippen molar-refractivity contribution >= 4 is 5.52 Å². The van der Waals surface area contributed by atoms with E-state index in [4.69, 9.17) is 0 Å². The molecular formula is C22H23NO. The lowest BCUT2D eigenvalue weighted by Crippen LogP contribution is -2.21. The SMILES string of the molecule is CC(C)(C)c1cc(=O)n2ccc3c(c2c1)-c1ccccc1C3(C)C. The fourth-order valence-electron chi connectivity index (χ4n) is 3.92. The molecule has 0 N–H and O–H groups in total. The van der Waals surface area contributed by atoms with Crippen molar-refractivity contribution in [3.63, 3.8) is 0 Å². The standard InChI is InChI=1S/C22H23NO/c1-21(2,3)14-12-18-20-15-8-6-7-9-16(15)22(4,5)17(20)10-11-23(18)19(24)13-14/h6-13H,1-5H3. The van der Waals surface area contributed by atoms with Gasteiger partial charge < -0.3 is 0 Å². The number of fused-ring (bicyclic) bond motifs is 5. The maximum Gasteiger partial charge on any atom is 0.255 e. The third kappa shape index (κ3) is 1.92. The zero-order valence-electron chi connectivity index (χ0n) is 15.0. The summed E-state index contributed by atoms with van der Waals surface area (Å²) in [4.78, 5) is 12.7. The summed E-state index contributed by atoms with van der Waals surface area (Å²) in [5, 5.41) is 0. The van der Waals surface area contributed by atoms with Crippen LogP contribution < -0.4 is 5.56 Å². The van der Waals surface area contributed by atoms with Crippen LogP contribution in [0.25, 0.3) is 16.6 Å². The van der Waals surface area contributed by atoms with Crippen LogP contribution in [-0.2, 0) is 10.8 Å². The van der Waals surface area contributed by atoms with Crippen molar-refractivity contribution in [2.75, 3.05) is 0 Å². The minimum absolute atomic E-state index is 0.0402. The fraction of sp³-hybridized carbons (Fsp3) is 0.318. The van der Waals surface area contributed by atoms with E-state index in [0.29, 0.717) is 0 Å². The van der Waals surface area contributed by atoms with Gasteiger partial charge in [-0.15, -0.1) is 0 Å². The molecule has 0 unspecified atom stereocenters. The highest BCUT2D eigenvalue weighted by atomic mass is 16.1. The summed E-state index contributed by atoms with van der Waals surface area (Å²) >= 11 is 0. The average molecular weight is 317 g/mol. The monoisotopic (exact) mass is 317 g/mol. The zero-order chi connectivity index (χ0) is 17.3. The molecular weight excluding hydrogens is 294 g/mol. The second-order valence-corrected chi connectivity index (χ2v) is 8.36. The first kappa shape index (κ1) is 15.2. The van der Waals surface area contributed by atoms with Crippen molar-refractivity contribution in [2.45, 2.75) is 45.4 Å². The summed E-state index contributed by atoms with van der Waals surface area (Å²) in [6.07, 6.45) is 1.93. The van der Waals surface area contributed by atoms with Gasteiger partial charge in [0, 0.05) is 23.2 Å². The molecule has 0 saturated carbocycles. The topological polar surface area (TPSA) is 21.5 Å². The van der Waals surface area contributed by atoms with Crippen molar-refractivity contribution in [3.8, 4) is 11.1 Å². The Kier molecular flexibility index (Phi) is 2.91. The van der Waals surface area contributed by atoms with Crippen molar-refractivity contribution < 1.29 is 0 Å². The van der Waals surface area contributed by atoms with Gasteiger partial charge in [0.15, 0.2) is 0 Å². The molecule has 0 spiro atoms. The van der Waals surface area contributed by atoms with Gasteiger partial charge in [0.05, 0.1) is 5.52 Å². The van der Waals surface area contributed by atoms with Crippen LogP contribution in [0.3, 0.4) is 0 Å². The third-order valence-electron chi connectivity index (χ3n) is 5.39. The average Bonchev–Trinajstić information content (AvgIpc) is 2.75. The molecule has 4 rings (SSSR count). The molecule has 0 saturated heterocycles. The molecule has 0 amide bonds. The molecule has 122 valence electrons. The minimum atomic E-state index is -0.0513. The van der Waals surface area contributed by atoms with Gasteiger partial charge >= 0.3 is 0 Å². The van der Waals surface area contributed by atoms with Gasteiger partial charge in [0.1, 0.15) is 0 Å². The molecule has 1 aliphatic carbocycles. The molecule has 3 aromatic rings. The van der Waals surface area contributed by atoms with Crippen LogP contribution in [0.2, 0.25) is 0 Å². The largest absolute Gasteiger partial charge is 0.284 e. The summed E-state index contributed by atoms with van der Waals surface area (Å²) in [6, 6.07) is 14.6. The predicted octanol–water partition coefficient (Wildman–Crippen LogP) is 4.90. The number of benzene rings is 1. The molecule has 0 aliphatic heterocycles. The van der Waals surface area contributed by atoms with Crippen LogP contribution >= 0.6 is 0 Å². The van der Waals surface area contributed by atoms with Crippen molar-refractivity contribution in [1.82, 2.24) is 4.40 Å². The zero-order valence-corrected chi connectivity index (χ0v) is 15.0. The molecule has 2 heterocycles. The van der Waals surface area contributed by atoms with E-state index >= 15 is 0 Å². The summed E-state index contributed by atoms with van der Waals surface area (Å²) in [7, 11) is 0. The van der Waals surface area contributed by atoms with E-state index in [1.165, 1.54) is 22.3 Å². The Morgan fingerprint density at radius 1 is 0.958 bits per heavy atom. The molecule has 0 radical (unpaired) electrons. The Bertz CT molecular complexity index is 1030. The highest BCUT2D eigenvalue weighted by Crippen LogP contribution is 2.49. The smallest absolute Gasteiger partial charge is 0.255 e. The van der Waals surface area contributed by atoms with E-state index in [9.17, 15) is 4.79 Å². The Balaban J connectivity index is 2.19. The maximum atomic E-state index is 12.7. The van der Waals surface area contributed by atoms with Crippen LogP contribution in [0.5, 0.6) is 0 Å². The summed E-state index contributed by atoms with van der Waals surface area (Å²) in [6.45, 7) is 11.0. The van der Waals surface area contributed by atoms with Crippen LogP contribution in [0.15, 0.2) is 53.5 Å². The summed E-state index contributed by atoms with van der Waals surface area (Å²) in [5.41, 5.74) is 7.15. The quantitative estimate of drug-likeness (QED) is 0.577. The van der Waals surface area contributed by atoms with E-state index < -0.39 is 0 Å². The van der Waals surface area contributed by atoms with Gasteiger partial charge in [-0.05, 0) is 39.8 Å². The number of hydrogen-bond acceptors (Lipinski definition) is 1. The number of rotatable bonds is 0. The highest BCUT2D eigenvalue weighted by Gasteiger charge is 2.36. The number of pyridine rings is 2. The van der Waals surface area contributed by atoms with Crippen LogP contribution in [0.4, 0.5) is 0 Å². The second-order valence-electron chi connectivity index (χ2n) is 8.36. The molecule has 0 bridgehead atoms. The number of hydrogen-bond donors (Lipinski definition) is 0. The molecule has 0 atom stereocenters. The van der Waals surface area contributed by atoms with Crippen molar-refractivity contribution in [2.24, 2.45) is 0 Å². The molecule has 1 aliphatic rings. The van der Waals surface area contributed by atoms with Gasteiger partial charge in [-0.25, -0.2) is 0 Å². The van der Waals surface area contributed by atoms with E-state index in [2.05, 4.69) is 71.0 Å². The third-order valence-corrected chi connectivity index (χ3v) is 5.39. The Morgan fingerprint density at radius 2 is 1.67 bits per heavy atom. The molecule has 2 nitrogen and oxygen atoms in total. The summed E-state index contributed by atoms with van der Waals surface area (Å²) < 4.78 is 1.78. The predicted molar refractivity (Wildman–Crippen MR) is 99.9 cm³/mol. The van der Waals surface area contributed by atoms with Crippen LogP contribution in [0.1, 0.15) is 51.3 Å². The first-order valence-electron chi connectivity index (χ1n) is 8.51. The van der Waals surface area contributed by atoms with Crippen molar-refractivity contribution in [3.05, 3.63) is 75.7 Å². The maximum absolute atomic E-state index is 12.7. The lowest BCUT2D eigenvalue weighted by Gasteiger charge is -2.22. The molecule has 2 heteroatoms. The van der Waals surface area contributed by atoms with E-state index in [1.54, 1.807) is 10.5 Å². The second kappa shape index (κ2) is 4.60. The van der Waals surface area contributed by atoms with Crippen LogP contribution in [0, 0.1) is 0 Å². The first-order valence-corrected chi connectivity index (χ1v) is 8.51. The Hall–Kier alpha value is -2.35. The van der Waals surface area contributed by atoms with Gasteiger partial charge in [-0.2, -0.15) is 0 Å². The van der Waals surface area contributed by atoms with Crippen LogP contribution in [-0.4, -0.2) is 4.40 Å². The lowest BCUT2D eigenvalue weighted by atomic mass is 9.82. The minimum Gasteiger partial charge on any atom is -0.284 e. The molecule has 0 fully saturated rings. The normalized spacial score (nSPS) is 15.4. The van der Waals surface area contributed by atoms with Gasteiger partial charge in [-0.1, -0.05) is 58.9 Å². The highest BCUT2D eigenvalue weighted by molar-refractivity contribution is 5.91.